The number of hydrogen-bond acceptors (Lipinski definition) is 3. The first-order valence-corrected chi connectivity index (χ1v) is 5.00. The van der Waals surface area contributed by atoms with E-state index in [0.717, 1.165) is 12.1 Å². The van der Waals surface area contributed by atoms with Crippen molar-refractivity contribution in [3.63, 3.8) is 0 Å². The Balaban J connectivity index is 2.25. The highest BCUT2D eigenvalue weighted by Crippen LogP contribution is 2.21. The maximum absolute atomic E-state index is 13.0. The van der Waals surface area contributed by atoms with Gasteiger partial charge in [-0.2, -0.15) is 0 Å². The highest BCUT2D eigenvalue weighted by Gasteiger charge is 2.06. The number of nitrogens with zero attached hydrogens (tertiary/aromatic N) is 1. The summed E-state index contributed by atoms with van der Waals surface area (Å²) in [4.78, 5) is 3.93. The number of nitrogen functional groups attached to an aromatic ring is 1. The second-order valence-electron chi connectivity index (χ2n) is 3.45. The first-order valence-electron chi connectivity index (χ1n) is 5.00. The number of hydrogen-bond donors (Lipinski definition) is 2. The molecule has 3 N–H and O–H groups in total. The first-order chi connectivity index (χ1) is 8.56. The van der Waals surface area contributed by atoms with Crippen LogP contribution in [0.2, 0.25) is 0 Å². The van der Waals surface area contributed by atoms with Crippen molar-refractivity contribution in [2.75, 3.05) is 0 Å². The van der Waals surface area contributed by atoms with Crippen LogP contribution in [0.25, 0.3) is 0 Å². The summed E-state index contributed by atoms with van der Waals surface area (Å²) in [6.07, 6.45) is 0. The van der Waals surface area contributed by atoms with Crippen LogP contribution in [0.1, 0.15) is 5.69 Å². The van der Waals surface area contributed by atoms with Gasteiger partial charge >= 0.3 is 0 Å². The number of rotatable bonds is 3. The van der Waals surface area contributed by atoms with Crippen molar-refractivity contribution >= 4 is 5.84 Å². The molecular formula is C12H9F2N3O. The summed E-state index contributed by atoms with van der Waals surface area (Å²) >= 11 is 0. The molecular weight excluding hydrogens is 240 g/mol. The summed E-state index contributed by atoms with van der Waals surface area (Å²) in [5, 5.41) is 7.22. The zero-order valence-corrected chi connectivity index (χ0v) is 9.15. The molecule has 0 aliphatic carbocycles. The second kappa shape index (κ2) is 4.79. The number of amidine groups is 1. The molecule has 6 heteroatoms. The van der Waals surface area contributed by atoms with E-state index < -0.39 is 11.6 Å². The summed E-state index contributed by atoms with van der Waals surface area (Å²) in [6.45, 7) is 0. The quantitative estimate of drug-likeness (QED) is 0.648. The fourth-order valence-corrected chi connectivity index (χ4v) is 1.28. The maximum atomic E-state index is 13.0. The van der Waals surface area contributed by atoms with E-state index in [-0.39, 0.29) is 23.2 Å². The fourth-order valence-electron chi connectivity index (χ4n) is 1.28. The van der Waals surface area contributed by atoms with Gasteiger partial charge in [-0.3, -0.25) is 5.41 Å². The molecule has 0 saturated carbocycles. The molecule has 1 heterocycles. The van der Waals surface area contributed by atoms with Crippen molar-refractivity contribution in [2.45, 2.75) is 0 Å². The third-order valence-electron chi connectivity index (χ3n) is 2.11. The van der Waals surface area contributed by atoms with Crippen LogP contribution >= 0.6 is 0 Å². The molecule has 2 aromatic rings. The van der Waals surface area contributed by atoms with E-state index in [1.54, 1.807) is 12.1 Å². The van der Waals surface area contributed by atoms with Gasteiger partial charge in [0.2, 0.25) is 5.88 Å². The molecule has 2 rings (SSSR count). The first kappa shape index (κ1) is 12.0. The van der Waals surface area contributed by atoms with Crippen LogP contribution in [-0.2, 0) is 0 Å². The molecule has 92 valence electrons. The number of aromatic nitrogens is 1. The van der Waals surface area contributed by atoms with Gasteiger partial charge in [0.25, 0.3) is 0 Å². The summed E-state index contributed by atoms with van der Waals surface area (Å²) in [6, 6.07) is 7.81. The van der Waals surface area contributed by atoms with Gasteiger partial charge < -0.3 is 10.5 Å². The third kappa shape index (κ3) is 2.60. The third-order valence-corrected chi connectivity index (χ3v) is 2.11. The van der Waals surface area contributed by atoms with E-state index in [4.69, 9.17) is 15.9 Å². The van der Waals surface area contributed by atoms with Gasteiger partial charge in [-0.05, 0) is 18.2 Å². The summed E-state index contributed by atoms with van der Waals surface area (Å²) < 4.78 is 30.9. The molecule has 18 heavy (non-hydrogen) atoms. The van der Waals surface area contributed by atoms with Gasteiger partial charge in [0.15, 0.2) is 11.6 Å². The van der Waals surface area contributed by atoms with Gasteiger partial charge in [-0.1, -0.05) is 6.07 Å². The molecule has 0 bridgehead atoms. The van der Waals surface area contributed by atoms with Gasteiger partial charge in [-0.15, -0.1) is 0 Å². The Hall–Kier alpha value is -2.50. The molecule has 0 saturated heterocycles. The van der Waals surface area contributed by atoms with Crippen molar-refractivity contribution in [1.29, 1.82) is 5.41 Å². The van der Waals surface area contributed by atoms with Crippen molar-refractivity contribution in [3.05, 3.63) is 53.7 Å². The van der Waals surface area contributed by atoms with Crippen molar-refractivity contribution in [1.82, 2.24) is 4.98 Å². The molecule has 4 nitrogen and oxygen atoms in total. The summed E-state index contributed by atoms with van der Waals surface area (Å²) in [5.74, 6) is -1.90. The number of halogens is 2. The SMILES string of the molecule is N=C(N)c1cccc(Oc2ccc(F)c(F)c2)n1. The molecule has 0 radical (unpaired) electrons. The van der Waals surface area contributed by atoms with Crippen LogP contribution in [0.15, 0.2) is 36.4 Å². The molecule has 0 fully saturated rings. The van der Waals surface area contributed by atoms with Crippen LogP contribution in [0.3, 0.4) is 0 Å². The predicted molar refractivity (Wildman–Crippen MR) is 61.7 cm³/mol. The van der Waals surface area contributed by atoms with Crippen LogP contribution in [0, 0.1) is 17.0 Å². The molecule has 0 spiro atoms. The lowest BCUT2D eigenvalue weighted by Gasteiger charge is -2.06. The number of benzene rings is 1. The Morgan fingerprint density at radius 3 is 2.61 bits per heavy atom. The Bertz CT molecular complexity index is 602. The maximum Gasteiger partial charge on any atom is 0.219 e. The second-order valence-corrected chi connectivity index (χ2v) is 3.45. The largest absolute Gasteiger partial charge is 0.439 e. The minimum atomic E-state index is -1.00. The number of pyridine rings is 1. The lowest BCUT2D eigenvalue weighted by Crippen LogP contribution is -2.13. The normalized spacial score (nSPS) is 10.1. The van der Waals surface area contributed by atoms with Crippen molar-refractivity contribution in [2.24, 2.45) is 5.73 Å². The van der Waals surface area contributed by atoms with Crippen molar-refractivity contribution in [3.8, 4) is 11.6 Å². The Morgan fingerprint density at radius 2 is 1.94 bits per heavy atom. The number of ether oxygens (including phenoxy) is 1. The van der Waals surface area contributed by atoms with E-state index in [1.165, 1.54) is 12.1 Å². The van der Waals surface area contributed by atoms with Crippen LogP contribution in [-0.4, -0.2) is 10.8 Å². The average molecular weight is 249 g/mol. The predicted octanol–water partition coefficient (Wildman–Crippen LogP) is 2.44. The Labute approximate surface area is 102 Å². The average Bonchev–Trinajstić information content (AvgIpc) is 2.34. The zero-order chi connectivity index (χ0) is 13.1. The van der Waals surface area contributed by atoms with Crippen LogP contribution < -0.4 is 10.5 Å². The van der Waals surface area contributed by atoms with E-state index in [9.17, 15) is 8.78 Å². The smallest absolute Gasteiger partial charge is 0.219 e. The van der Waals surface area contributed by atoms with Gasteiger partial charge in [0, 0.05) is 12.1 Å². The Kier molecular flexibility index (Phi) is 3.18. The fraction of sp³-hybridized carbons (Fsp3) is 0. The molecule has 0 amide bonds. The molecule has 0 unspecified atom stereocenters. The molecule has 0 aliphatic rings. The summed E-state index contributed by atoms with van der Waals surface area (Å²) in [7, 11) is 0. The molecule has 1 aromatic heterocycles. The van der Waals surface area contributed by atoms with Crippen LogP contribution in [0.4, 0.5) is 8.78 Å². The molecule has 1 aromatic carbocycles. The van der Waals surface area contributed by atoms with E-state index in [0.29, 0.717) is 0 Å². The topological polar surface area (TPSA) is 72.0 Å². The van der Waals surface area contributed by atoms with Gasteiger partial charge in [-0.25, -0.2) is 13.8 Å². The van der Waals surface area contributed by atoms with E-state index in [2.05, 4.69) is 4.98 Å². The van der Waals surface area contributed by atoms with Gasteiger partial charge in [0.1, 0.15) is 17.3 Å². The standard InChI is InChI=1S/C12H9F2N3O/c13-8-5-4-7(6-9(8)14)18-11-3-1-2-10(17-11)12(15)16/h1-6H,(H3,15,16). The lowest BCUT2D eigenvalue weighted by atomic mass is 10.3. The minimum absolute atomic E-state index is 0.113. The monoisotopic (exact) mass is 249 g/mol. The molecule has 0 aliphatic heterocycles. The van der Waals surface area contributed by atoms with Gasteiger partial charge in [0.05, 0.1) is 0 Å². The number of nitrogens with one attached hydrogen (secondary N) is 1. The lowest BCUT2D eigenvalue weighted by molar-refractivity contribution is 0.447. The minimum Gasteiger partial charge on any atom is -0.439 e. The highest BCUT2D eigenvalue weighted by molar-refractivity contribution is 5.93. The molecule has 0 atom stereocenters. The number of nitrogens with two attached hydrogens (primary N) is 1. The Morgan fingerprint density at radius 1 is 1.17 bits per heavy atom. The summed E-state index contributed by atoms with van der Waals surface area (Å²) in [5.41, 5.74) is 5.52. The van der Waals surface area contributed by atoms with Crippen molar-refractivity contribution < 1.29 is 13.5 Å². The zero-order valence-electron chi connectivity index (χ0n) is 9.15. The van der Waals surface area contributed by atoms with E-state index in [1.807, 2.05) is 0 Å². The highest BCUT2D eigenvalue weighted by atomic mass is 19.2. The van der Waals surface area contributed by atoms with Crippen LogP contribution in [0.5, 0.6) is 11.6 Å². The van der Waals surface area contributed by atoms with E-state index >= 15 is 0 Å².